The monoisotopic (exact) mass is 300 g/mol. The van der Waals surface area contributed by atoms with E-state index in [-0.39, 0.29) is 0 Å². The summed E-state index contributed by atoms with van der Waals surface area (Å²) in [6.45, 7) is 6.13. The van der Waals surface area contributed by atoms with Crippen molar-refractivity contribution >= 4 is 0 Å². The zero-order chi connectivity index (χ0) is 14.9. The molecule has 0 saturated carbocycles. The molecule has 0 aliphatic carbocycles. The van der Waals surface area contributed by atoms with E-state index in [1.807, 2.05) is 0 Å². The molecule has 4 aliphatic rings. The van der Waals surface area contributed by atoms with Crippen LogP contribution in [0.2, 0.25) is 0 Å². The van der Waals surface area contributed by atoms with Crippen molar-refractivity contribution in [2.24, 2.45) is 11.8 Å². The van der Waals surface area contributed by atoms with Gasteiger partial charge in [0.1, 0.15) is 0 Å². The SMILES string of the molecule is CN1C[C@H]2CC[C@@H](C1)N(CC1CNNC1c1ccccc1)C2. The minimum Gasteiger partial charge on any atom is -0.304 e. The molecule has 2 bridgehead atoms. The second-order valence-electron chi connectivity index (χ2n) is 7.45. The maximum absolute atomic E-state index is 3.49. The third-order valence-corrected chi connectivity index (χ3v) is 5.73. The average molecular weight is 300 g/mol. The Kier molecular flexibility index (Phi) is 4.18. The van der Waals surface area contributed by atoms with Gasteiger partial charge in [0.25, 0.3) is 0 Å². The number of hydrogen-bond donors (Lipinski definition) is 2. The molecule has 4 fully saturated rings. The van der Waals surface area contributed by atoms with Crippen LogP contribution in [0.4, 0.5) is 0 Å². The van der Waals surface area contributed by atoms with Gasteiger partial charge in [-0.25, -0.2) is 5.43 Å². The van der Waals surface area contributed by atoms with E-state index in [0.29, 0.717) is 12.0 Å². The van der Waals surface area contributed by atoms with E-state index >= 15 is 0 Å². The highest BCUT2D eigenvalue weighted by Crippen LogP contribution is 2.31. The molecule has 0 spiro atoms. The summed E-state index contributed by atoms with van der Waals surface area (Å²) in [7, 11) is 2.29. The van der Waals surface area contributed by atoms with E-state index in [0.717, 1.165) is 18.5 Å². The molecule has 22 heavy (non-hydrogen) atoms. The Morgan fingerprint density at radius 1 is 1.09 bits per heavy atom. The Bertz CT molecular complexity index is 491. The summed E-state index contributed by atoms with van der Waals surface area (Å²) in [6.07, 6.45) is 2.81. The van der Waals surface area contributed by atoms with Gasteiger partial charge in [-0.1, -0.05) is 30.3 Å². The van der Waals surface area contributed by atoms with Crippen molar-refractivity contribution in [1.82, 2.24) is 20.7 Å². The summed E-state index contributed by atoms with van der Waals surface area (Å²) in [4.78, 5) is 5.33. The summed E-state index contributed by atoms with van der Waals surface area (Å²) in [5.74, 6) is 1.54. The van der Waals surface area contributed by atoms with E-state index in [2.05, 4.69) is 58.0 Å². The number of nitrogens with one attached hydrogen (secondary N) is 2. The lowest BCUT2D eigenvalue weighted by Gasteiger charge is -2.38. The summed E-state index contributed by atoms with van der Waals surface area (Å²) in [5, 5.41) is 0. The molecule has 4 heterocycles. The Balaban J connectivity index is 1.46. The van der Waals surface area contributed by atoms with Crippen LogP contribution in [0, 0.1) is 11.8 Å². The number of fused-ring (bicyclic) bond motifs is 4. The molecule has 4 heteroatoms. The molecule has 2 N–H and O–H groups in total. The lowest BCUT2D eigenvalue weighted by Crippen LogP contribution is -2.46. The molecular formula is C18H28N4. The zero-order valence-electron chi connectivity index (χ0n) is 13.5. The number of hydrazine groups is 1. The van der Waals surface area contributed by atoms with Gasteiger partial charge in [0.05, 0.1) is 6.04 Å². The highest BCUT2D eigenvalue weighted by Gasteiger charge is 2.37. The zero-order valence-corrected chi connectivity index (χ0v) is 13.5. The predicted octanol–water partition coefficient (Wildman–Crippen LogP) is 1.48. The van der Waals surface area contributed by atoms with Crippen LogP contribution in [-0.4, -0.2) is 55.6 Å². The summed E-state index contributed by atoms with van der Waals surface area (Å²) in [5.41, 5.74) is 8.30. The topological polar surface area (TPSA) is 30.5 Å². The van der Waals surface area contributed by atoms with Crippen molar-refractivity contribution in [3.63, 3.8) is 0 Å². The van der Waals surface area contributed by atoms with Crippen LogP contribution in [0.1, 0.15) is 24.4 Å². The van der Waals surface area contributed by atoms with E-state index in [1.165, 1.54) is 44.6 Å². The molecule has 4 saturated heterocycles. The lowest BCUT2D eigenvalue weighted by atomic mass is 9.90. The summed E-state index contributed by atoms with van der Waals surface area (Å²) < 4.78 is 0. The third kappa shape index (κ3) is 2.93. The molecule has 5 rings (SSSR count). The second-order valence-corrected chi connectivity index (χ2v) is 7.45. The Labute approximate surface area is 133 Å². The molecule has 0 amide bonds. The summed E-state index contributed by atoms with van der Waals surface area (Å²) >= 11 is 0. The Morgan fingerprint density at radius 2 is 1.95 bits per heavy atom. The van der Waals surface area contributed by atoms with E-state index in [9.17, 15) is 0 Å². The summed E-state index contributed by atoms with van der Waals surface area (Å²) in [6, 6.07) is 12.1. The first kappa shape index (κ1) is 14.6. The Morgan fingerprint density at radius 3 is 2.82 bits per heavy atom. The highest BCUT2D eigenvalue weighted by molar-refractivity contribution is 5.20. The first-order valence-electron chi connectivity index (χ1n) is 8.75. The second kappa shape index (κ2) is 6.28. The minimum atomic E-state index is 0.445. The third-order valence-electron chi connectivity index (χ3n) is 5.73. The first-order valence-corrected chi connectivity index (χ1v) is 8.75. The van der Waals surface area contributed by atoms with E-state index < -0.39 is 0 Å². The van der Waals surface area contributed by atoms with Gasteiger partial charge in [-0.2, -0.15) is 0 Å². The number of benzene rings is 1. The predicted molar refractivity (Wildman–Crippen MR) is 89.4 cm³/mol. The number of nitrogens with zero attached hydrogens (tertiary/aromatic N) is 2. The van der Waals surface area contributed by atoms with Crippen LogP contribution in [0.3, 0.4) is 0 Å². The van der Waals surface area contributed by atoms with Crippen LogP contribution in [0.25, 0.3) is 0 Å². The van der Waals surface area contributed by atoms with Crippen molar-refractivity contribution < 1.29 is 0 Å². The van der Waals surface area contributed by atoms with Gasteiger partial charge < -0.3 is 4.90 Å². The number of likely N-dealkylation sites (N-methyl/N-ethyl adjacent to an activating group) is 1. The molecule has 120 valence electrons. The molecule has 1 aromatic carbocycles. The number of rotatable bonds is 3. The van der Waals surface area contributed by atoms with Crippen molar-refractivity contribution in [3.8, 4) is 0 Å². The molecule has 4 atom stereocenters. The van der Waals surface area contributed by atoms with Gasteiger partial charge in [-0.15, -0.1) is 0 Å². The maximum Gasteiger partial charge on any atom is 0.0515 e. The normalized spacial score (nSPS) is 36.6. The highest BCUT2D eigenvalue weighted by atomic mass is 15.4. The molecule has 2 unspecified atom stereocenters. The van der Waals surface area contributed by atoms with Gasteiger partial charge in [0.15, 0.2) is 0 Å². The fourth-order valence-electron chi connectivity index (χ4n) is 4.66. The molecule has 0 aromatic heterocycles. The standard InChI is InChI=1S/C18H28N4/c1-21-10-14-7-8-17(13-21)22(11-14)12-16-9-19-20-18(16)15-5-3-2-4-6-15/h2-6,14,16-20H,7-13H2,1H3/t14-,16?,17+,18?/m1/s1. The number of hydrogen-bond acceptors (Lipinski definition) is 4. The molecule has 0 radical (unpaired) electrons. The average Bonchev–Trinajstić information content (AvgIpc) is 2.84. The van der Waals surface area contributed by atoms with Crippen molar-refractivity contribution in [3.05, 3.63) is 35.9 Å². The van der Waals surface area contributed by atoms with Crippen LogP contribution in [-0.2, 0) is 0 Å². The molecule has 4 aliphatic heterocycles. The van der Waals surface area contributed by atoms with Crippen LogP contribution >= 0.6 is 0 Å². The van der Waals surface area contributed by atoms with Gasteiger partial charge >= 0.3 is 0 Å². The van der Waals surface area contributed by atoms with Gasteiger partial charge in [0, 0.05) is 44.7 Å². The van der Waals surface area contributed by atoms with Gasteiger partial charge in [0.2, 0.25) is 0 Å². The maximum atomic E-state index is 3.49. The molecular weight excluding hydrogens is 272 g/mol. The van der Waals surface area contributed by atoms with Gasteiger partial charge in [-0.05, 0) is 31.4 Å². The van der Waals surface area contributed by atoms with Crippen LogP contribution < -0.4 is 10.9 Å². The minimum absolute atomic E-state index is 0.445. The smallest absolute Gasteiger partial charge is 0.0515 e. The molecule has 4 nitrogen and oxygen atoms in total. The van der Waals surface area contributed by atoms with Gasteiger partial charge in [-0.3, -0.25) is 10.3 Å². The Hall–Kier alpha value is -0.940. The van der Waals surface area contributed by atoms with Crippen molar-refractivity contribution in [1.29, 1.82) is 0 Å². The lowest BCUT2D eigenvalue weighted by molar-refractivity contribution is 0.110. The van der Waals surface area contributed by atoms with Crippen LogP contribution in [0.5, 0.6) is 0 Å². The van der Waals surface area contributed by atoms with E-state index in [1.54, 1.807) is 0 Å². The quantitative estimate of drug-likeness (QED) is 0.885. The fraction of sp³-hybridized carbons (Fsp3) is 0.667. The van der Waals surface area contributed by atoms with E-state index in [4.69, 9.17) is 0 Å². The largest absolute Gasteiger partial charge is 0.304 e. The van der Waals surface area contributed by atoms with Crippen LogP contribution in [0.15, 0.2) is 30.3 Å². The van der Waals surface area contributed by atoms with Crippen molar-refractivity contribution in [2.45, 2.75) is 24.9 Å². The number of piperidine rings is 1. The molecule has 1 aromatic rings. The van der Waals surface area contributed by atoms with Crippen molar-refractivity contribution in [2.75, 3.05) is 39.8 Å². The fourth-order valence-corrected chi connectivity index (χ4v) is 4.66. The first-order chi connectivity index (χ1) is 10.8.